The van der Waals surface area contributed by atoms with Gasteiger partial charge in [-0.05, 0) is 64.9 Å². The molecule has 54 heavy (non-hydrogen) atoms. The molecular formula is C42H70N4O8. The summed E-state index contributed by atoms with van der Waals surface area (Å²) in [6.07, 6.45) is 1.10. The number of likely N-dealkylation sites (tertiary alicyclic amines) is 1. The maximum Gasteiger partial charge on any atom is 0.329 e. The first-order chi connectivity index (χ1) is 25.1. The molecule has 8 atom stereocenters. The molecule has 1 aliphatic heterocycles. The highest BCUT2D eigenvalue weighted by molar-refractivity contribution is 5.92. The summed E-state index contributed by atoms with van der Waals surface area (Å²) in [4.78, 5) is 71.8. The van der Waals surface area contributed by atoms with Gasteiger partial charge in [-0.25, -0.2) is 4.79 Å². The molecule has 0 aliphatic carbocycles. The van der Waals surface area contributed by atoms with Gasteiger partial charge in [0.15, 0.2) is 5.78 Å². The van der Waals surface area contributed by atoms with E-state index in [0.29, 0.717) is 13.0 Å². The summed E-state index contributed by atoms with van der Waals surface area (Å²) in [7, 11) is 4.81. The van der Waals surface area contributed by atoms with E-state index in [9.17, 15) is 24.0 Å². The Balaban J connectivity index is 2.30. The molecule has 1 aliphatic rings. The van der Waals surface area contributed by atoms with E-state index in [-0.39, 0.29) is 54.6 Å². The fraction of sp³-hybridized carbons (Fsp3) is 0.738. The molecule has 3 amide bonds. The SMILES string of the molecule is CC[C@H](C)[C@@H]([C@@H](CC(=O)N1CCC[C@H]1[C@H](OC)[C@@H](C)C(=O)N[C@@H](Cc1ccccc1)C(=O)OC(C)(C)C)OC)N(C)C(=O)[C@@H](CC(=O)C(C)(C)N)C(C)C. The van der Waals surface area contributed by atoms with E-state index < -0.39 is 59.3 Å². The molecule has 1 aromatic rings. The summed E-state index contributed by atoms with van der Waals surface area (Å²) in [6.45, 7) is 18.8. The Labute approximate surface area is 324 Å². The Hall–Kier alpha value is -3.35. The molecule has 12 heteroatoms. The number of amides is 3. The first-order valence-corrected chi connectivity index (χ1v) is 19.6. The van der Waals surface area contributed by atoms with E-state index in [2.05, 4.69) is 5.32 Å². The minimum Gasteiger partial charge on any atom is -0.458 e. The monoisotopic (exact) mass is 759 g/mol. The molecule has 0 spiro atoms. The number of nitrogens with two attached hydrogens (primary N) is 1. The molecule has 2 rings (SSSR count). The van der Waals surface area contributed by atoms with Crippen LogP contribution in [-0.2, 0) is 44.6 Å². The van der Waals surface area contributed by atoms with Gasteiger partial charge < -0.3 is 35.1 Å². The first kappa shape index (κ1) is 46.8. The molecule has 0 bridgehead atoms. The van der Waals surface area contributed by atoms with Crippen LogP contribution in [0.1, 0.15) is 107 Å². The van der Waals surface area contributed by atoms with Gasteiger partial charge >= 0.3 is 5.97 Å². The summed E-state index contributed by atoms with van der Waals surface area (Å²) in [5.41, 5.74) is 5.17. The molecule has 12 nitrogen and oxygen atoms in total. The van der Waals surface area contributed by atoms with E-state index in [4.69, 9.17) is 19.9 Å². The van der Waals surface area contributed by atoms with Crippen molar-refractivity contribution in [3.63, 3.8) is 0 Å². The van der Waals surface area contributed by atoms with Crippen LogP contribution in [0.25, 0.3) is 0 Å². The standard InChI is InChI=1S/C42H70N4O8/c1-14-27(4)36(45(11)39(50)30(26(2)3)24-34(47)42(9,10)43)33(52-12)25-35(48)46-22-18-21-32(46)37(53-13)28(5)38(49)44-31(40(51)54-41(6,7)8)23-29-19-16-15-17-20-29/h15-17,19-20,26-28,30-33,36-37H,14,18,21-25,43H2,1-13H3,(H,44,49)/t27-,28+,30-,31-,32-,33+,36-,37+/m0/s1. The normalized spacial score (nSPS) is 18.9. The minimum atomic E-state index is -1.06. The third-order valence-corrected chi connectivity index (χ3v) is 10.8. The number of nitrogens with one attached hydrogen (secondary N) is 1. The third-order valence-electron chi connectivity index (χ3n) is 10.8. The smallest absolute Gasteiger partial charge is 0.329 e. The average molecular weight is 759 g/mol. The van der Waals surface area contributed by atoms with Gasteiger partial charge in [-0.15, -0.1) is 0 Å². The van der Waals surface area contributed by atoms with Crippen molar-refractivity contribution in [2.45, 2.75) is 149 Å². The number of carbonyl (C=O) groups is 5. The molecule has 0 aromatic heterocycles. The van der Waals surface area contributed by atoms with Gasteiger partial charge in [0, 0.05) is 46.6 Å². The van der Waals surface area contributed by atoms with Crippen molar-refractivity contribution in [3.8, 4) is 0 Å². The van der Waals surface area contributed by atoms with E-state index in [0.717, 1.165) is 18.4 Å². The lowest BCUT2D eigenvalue weighted by molar-refractivity contribution is -0.159. The largest absolute Gasteiger partial charge is 0.458 e. The van der Waals surface area contributed by atoms with Gasteiger partial charge in [-0.3, -0.25) is 19.2 Å². The molecule has 1 heterocycles. The molecule has 0 radical (unpaired) electrons. The van der Waals surface area contributed by atoms with Crippen molar-refractivity contribution >= 4 is 29.5 Å². The number of rotatable bonds is 20. The Morgan fingerprint density at radius 3 is 2.07 bits per heavy atom. The number of hydrogen-bond acceptors (Lipinski definition) is 9. The molecule has 0 saturated carbocycles. The number of nitrogens with zero attached hydrogens (tertiary/aromatic N) is 2. The fourth-order valence-corrected chi connectivity index (χ4v) is 7.36. The number of likely N-dealkylation sites (N-methyl/N-ethyl adjacent to an activating group) is 1. The predicted molar refractivity (Wildman–Crippen MR) is 210 cm³/mol. The highest BCUT2D eigenvalue weighted by Gasteiger charge is 2.43. The number of Topliss-reactive ketones (excluding diaryl/α,β-unsaturated/α-hetero) is 1. The second-order valence-corrected chi connectivity index (χ2v) is 17.1. The van der Waals surface area contributed by atoms with E-state index in [1.165, 1.54) is 7.11 Å². The Morgan fingerprint density at radius 1 is 0.963 bits per heavy atom. The molecule has 1 saturated heterocycles. The Morgan fingerprint density at radius 2 is 1.57 bits per heavy atom. The van der Waals surface area contributed by atoms with Crippen LogP contribution in [0, 0.1) is 23.7 Å². The summed E-state index contributed by atoms with van der Waals surface area (Å²) in [5, 5.41) is 2.92. The summed E-state index contributed by atoms with van der Waals surface area (Å²) < 4.78 is 17.6. The molecule has 0 unspecified atom stereocenters. The van der Waals surface area contributed by atoms with Crippen LogP contribution in [0.4, 0.5) is 0 Å². The Kier molecular flexibility index (Phi) is 17.8. The second-order valence-electron chi connectivity index (χ2n) is 17.1. The van der Waals surface area contributed by atoms with Crippen LogP contribution >= 0.6 is 0 Å². The Bertz CT molecular complexity index is 1390. The lowest BCUT2D eigenvalue weighted by Gasteiger charge is -2.41. The van der Waals surface area contributed by atoms with Crippen molar-refractivity contribution in [1.82, 2.24) is 15.1 Å². The van der Waals surface area contributed by atoms with Gasteiger partial charge in [-0.1, -0.05) is 71.4 Å². The zero-order valence-electron chi connectivity index (χ0n) is 35.3. The summed E-state index contributed by atoms with van der Waals surface area (Å²) in [6, 6.07) is 7.67. The van der Waals surface area contributed by atoms with Crippen molar-refractivity contribution in [1.29, 1.82) is 0 Å². The van der Waals surface area contributed by atoms with Gasteiger partial charge in [0.25, 0.3) is 0 Å². The number of ketones is 1. The second kappa shape index (κ2) is 20.5. The topological polar surface area (TPSA) is 158 Å². The number of esters is 1. The molecule has 306 valence electrons. The van der Waals surface area contributed by atoms with Crippen LogP contribution in [-0.4, -0.2) is 109 Å². The van der Waals surface area contributed by atoms with Crippen molar-refractivity contribution in [3.05, 3.63) is 35.9 Å². The van der Waals surface area contributed by atoms with Gasteiger partial charge in [0.2, 0.25) is 17.7 Å². The van der Waals surface area contributed by atoms with Crippen molar-refractivity contribution in [2.24, 2.45) is 29.4 Å². The summed E-state index contributed by atoms with van der Waals surface area (Å²) >= 11 is 0. The van der Waals surface area contributed by atoms with E-state index in [1.54, 1.807) is 65.5 Å². The first-order valence-electron chi connectivity index (χ1n) is 19.6. The number of carbonyl (C=O) groups excluding carboxylic acids is 5. The number of ether oxygens (including phenoxy) is 3. The van der Waals surface area contributed by atoms with Crippen molar-refractivity contribution in [2.75, 3.05) is 27.8 Å². The number of benzene rings is 1. The number of methoxy groups -OCH3 is 2. The lowest BCUT2D eigenvalue weighted by Crippen LogP contribution is -2.55. The molecular weight excluding hydrogens is 688 g/mol. The van der Waals surface area contributed by atoms with Crippen LogP contribution in [0.3, 0.4) is 0 Å². The van der Waals surface area contributed by atoms with Gasteiger partial charge in [0.05, 0.1) is 42.2 Å². The highest BCUT2D eigenvalue weighted by atomic mass is 16.6. The van der Waals surface area contributed by atoms with E-state index in [1.807, 2.05) is 58.0 Å². The van der Waals surface area contributed by atoms with Gasteiger partial charge in [0.1, 0.15) is 11.6 Å². The predicted octanol–water partition coefficient (Wildman–Crippen LogP) is 4.94. The third kappa shape index (κ3) is 13.2. The fourth-order valence-electron chi connectivity index (χ4n) is 7.36. The lowest BCUT2D eigenvalue weighted by atomic mass is 9.83. The van der Waals surface area contributed by atoms with E-state index >= 15 is 0 Å². The summed E-state index contributed by atoms with van der Waals surface area (Å²) in [5.74, 6) is -2.86. The van der Waals surface area contributed by atoms with Crippen LogP contribution < -0.4 is 11.1 Å². The highest BCUT2D eigenvalue weighted by Crippen LogP contribution is 2.31. The van der Waals surface area contributed by atoms with Crippen LogP contribution in [0.2, 0.25) is 0 Å². The minimum absolute atomic E-state index is 0.00946. The molecule has 1 fully saturated rings. The molecule has 1 aromatic carbocycles. The molecule has 3 N–H and O–H groups in total. The maximum absolute atomic E-state index is 14.2. The maximum atomic E-state index is 14.2. The zero-order valence-corrected chi connectivity index (χ0v) is 35.3. The average Bonchev–Trinajstić information content (AvgIpc) is 3.58. The number of hydrogen-bond donors (Lipinski definition) is 2. The van der Waals surface area contributed by atoms with Crippen LogP contribution in [0.15, 0.2) is 30.3 Å². The van der Waals surface area contributed by atoms with Crippen LogP contribution in [0.5, 0.6) is 0 Å². The van der Waals surface area contributed by atoms with Crippen molar-refractivity contribution < 1.29 is 38.2 Å². The van der Waals surface area contributed by atoms with Gasteiger partial charge in [-0.2, -0.15) is 0 Å². The zero-order chi connectivity index (χ0) is 41.1. The quantitative estimate of drug-likeness (QED) is 0.176.